The average molecular weight is 800 g/mol. The minimum atomic E-state index is -1.60. The SMILES string of the molecule is COC(=O)/C(C)=C\CC12OC(C)(C)C(C)C13Oc1c(CC=C(C)C)c4c(c(OC(=O)CCl)c1C1=C3C(C(C)C2=O)n2ccnc2N1)C=CC(C)(CCC=C(C)C)O4. The number of Topliss-reactive ketones (excluding diaryl/α,β-unsaturated/α-hetero) is 1. The van der Waals surface area contributed by atoms with Crippen LogP contribution in [0.2, 0.25) is 0 Å². The molecule has 1 aromatic carbocycles. The number of halogens is 1. The first kappa shape index (κ1) is 40.6. The van der Waals surface area contributed by atoms with Crippen LogP contribution in [0.15, 0.2) is 59.0 Å². The van der Waals surface area contributed by atoms with Gasteiger partial charge in [0.1, 0.15) is 23.0 Å². The largest absolute Gasteiger partial charge is 0.482 e. The molecule has 0 amide bonds. The van der Waals surface area contributed by atoms with Crippen molar-refractivity contribution in [2.45, 2.75) is 123 Å². The zero-order chi connectivity index (χ0) is 41.4. The van der Waals surface area contributed by atoms with Gasteiger partial charge in [0.2, 0.25) is 5.95 Å². The minimum absolute atomic E-state index is 0.0322. The number of alkyl halides is 1. The van der Waals surface area contributed by atoms with E-state index in [4.69, 9.17) is 40.3 Å². The maximum Gasteiger partial charge on any atom is 0.333 e. The highest BCUT2D eigenvalue weighted by Crippen LogP contribution is 2.69. The number of carbonyl (C=O) groups excluding carboxylic acids is 3. The number of ketones is 1. The van der Waals surface area contributed by atoms with Gasteiger partial charge in [-0.25, -0.2) is 9.78 Å². The van der Waals surface area contributed by atoms with Crippen LogP contribution < -0.4 is 19.5 Å². The van der Waals surface area contributed by atoms with Crippen molar-refractivity contribution in [3.05, 3.63) is 75.7 Å². The summed E-state index contributed by atoms with van der Waals surface area (Å²) in [6.45, 7) is 19.8. The maximum absolute atomic E-state index is 15.5. The molecular weight excluding hydrogens is 746 g/mol. The molecule has 304 valence electrons. The number of rotatable bonds is 10. The summed E-state index contributed by atoms with van der Waals surface area (Å²) < 4.78 is 35.3. The lowest BCUT2D eigenvalue weighted by Crippen LogP contribution is -2.70. The van der Waals surface area contributed by atoms with E-state index < -0.39 is 52.2 Å². The molecule has 1 aromatic heterocycles. The molecule has 1 aliphatic carbocycles. The average Bonchev–Trinajstić information content (AvgIpc) is 3.70. The molecule has 1 saturated carbocycles. The summed E-state index contributed by atoms with van der Waals surface area (Å²) in [7, 11) is 1.33. The molecule has 6 atom stereocenters. The number of nitrogens with zero attached hydrogens (tertiary/aromatic N) is 2. The molecule has 5 aliphatic rings. The zero-order valence-corrected chi connectivity index (χ0v) is 35.6. The highest BCUT2D eigenvalue weighted by atomic mass is 35.5. The molecular formula is C45H54ClN3O8. The van der Waals surface area contributed by atoms with Gasteiger partial charge >= 0.3 is 11.9 Å². The number of aromatic nitrogens is 2. The van der Waals surface area contributed by atoms with Gasteiger partial charge < -0.3 is 33.6 Å². The van der Waals surface area contributed by atoms with Crippen LogP contribution in [-0.2, 0) is 30.3 Å². The molecule has 6 unspecified atom stereocenters. The number of fused-ring (bicyclic) bond motifs is 5. The number of hydrogen-bond donors (Lipinski definition) is 1. The van der Waals surface area contributed by atoms with Crippen LogP contribution in [0.3, 0.4) is 0 Å². The van der Waals surface area contributed by atoms with E-state index in [0.29, 0.717) is 52.7 Å². The fourth-order valence-corrected chi connectivity index (χ4v) is 9.53. The highest BCUT2D eigenvalue weighted by molar-refractivity contribution is 6.26. The second kappa shape index (κ2) is 14.3. The van der Waals surface area contributed by atoms with Gasteiger partial charge in [-0.2, -0.15) is 0 Å². The van der Waals surface area contributed by atoms with Gasteiger partial charge in [-0.05, 0) is 86.8 Å². The third kappa shape index (κ3) is 6.18. The fraction of sp³-hybridized carbons (Fsp3) is 0.511. The van der Waals surface area contributed by atoms with E-state index in [1.54, 1.807) is 19.2 Å². The summed E-state index contributed by atoms with van der Waals surface area (Å²) in [5, 5.41) is 3.63. The first-order valence-corrected chi connectivity index (χ1v) is 20.3. The van der Waals surface area contributed by atoms with Crippen LogP contribution >= 0.6 is 11.6 Å². The first-order chi connectivity index (χ1) is 26.9. The Hall–Kier alpha value is -4.61. The van der Waals surface area contributed by atoms with Crippen molar-refractivity contribution >= 4 is 47.0 Å². The van der Waals surface area contributed by atoms with E-state index in [-0.39, 0.29) is 23.8 Å². The monoisotopic (exact) mass is 799 g/mol. The molecule has 2 fully saturated rings. The number of esters is 2. The summed E-state index contributed by atoms with van der Waals surface area (Å²) >= 11 is 6.15. The summed E-state index contributed by atoms with van der Waals surface area (Å²) in [6, 6.07) is -0.544. The van der Waals surface area contributed by atoms with Crippen molar-refractivity contribution in [2.24, 2.45) is 11.8 Å². The molecule has 4 aliphatic heterocycles. The molecule has 0 bridgehead atoms. The molecule has 7 rings (SSSR count). The smallest absolute Gasteiger partial charge is 0.333 e. The lowest BCUT2D eigenvalue weighted by molar-refractivity contribution is -0.176. The molecule has 0 radical (unpaired) electrons. The second-order valence-electron chi connectivity index (χ2n) is 17.3. The van der Waals surface area contributed by atoms with Crippen LogP contribution in [0, 0.1) is 11.8 Å². The van der Waals surface area contributed by atoms with Crippen molar-refractivity contribution < 1.29 is 38.1 Å². The van der Waals surface area contributed by atoms with Crippen LogP contribution in [0.5, 0.6) is 17.2 Å². The number of ether oxygens (including phenoxy) is 5. The van der Waals surface area contributed by atoms with Crippen LogP contribution in [-0.4, -0.2) is 62.7 Å². The third-order valence-corrected chi connectivity index (χ3v) is 12.7. The van der Waals surface area contributed by atoms with Crippen molar-refractivity contribution in [3.63, 3.8) is 0 Å². The quantitative estimate of drug-likeness (QED) is 0.0819. The van der Waals surface area contributed by atoms with Gasteiger partial charge in [-0.1, -0.05) is 43.2 Å². The third-order valence-electron chi connectivity index (χ3n) is 12.5. The Kier molecular flexibility index (Phi) is 10.2. The molecule has 5 heterocycles. The van der Waals surface area contributed by atoms with E-state index in [0.717, 1.165) is 23.1 Å². The molecule has 57 heavy (non-hydrogen) atoms. The van der Waals surface area contributed by atoms with E-state index in [9.17, 15) is 9.59 Å². The fourth-order valence-electron chi connectivity index (χ4n) is 9.48. The number of imidazole rings is 1. The van der Waals surface area contributed by atoms with Crippen LogP contribution in [0.1, 0.15) is 111 Å². The number of methoxy groups -OCH3 is 1. The Morgan fingerprint density at radius 1 is 1.04 bits per heavy atom. The number of allylic oxidation sites excluding steroid dienone is 4. The van der Waals surface area contributed by atoms with E-state index >= 15 is 4.79 Å². The predicted octanol–water partition coefficient (Wildman–Crippen LogP) is 8.87. The Bertz CT molecular complexity index is 2220. The molecule has 1 spiro atoms. The van der Waals surface area contributed by atoms with Gasteiger partial charge in [0.15, 0.2) is 22.7 Å². The van der Waals surface area contributed by atoms with E-state index in [1.807, 2.05) is 64.5 Å². The van der Waals surface area contributed by atoms with Gasteiger partial charge in [0, 0.05) is 47.4 Å². The Labute approximate surface area is 340 Å². The van der Waals surface area contributed by atoms with Gasteiger partial charge in [-0.15, -0.1) is 11.6 Å². The summed E-state index contributed by atoms with van der Waals surface area (Å²) in [5.74, 6) is -1.06. The maximum atomic E-state index is 15.5. The lowest BCUT2D eigenvalue weighted by Gasteiger charge is -2.57. The van der Waals surface area contributed by atoms with Crippen LogP contribution in [0.25, 0.3) is 11.8 Å². The predicted molar refractivity (Wildman–Crippen MR) is 219 cm³/mol. The van der Waals surface area contributed by atoms with E-state index in [1.165, 1.54) is 12.7 Å². The molecule has 1 N–H and O–H groups in total. The molecule has 2 aromatic rings. The van der Waals surface area contributed by atoms with Gasteiger partial charge in [0.05, 0.1) is 35.6 Å². The number of nitrogens with one attached hydrogen (secondary N) is 1. The number of anilines is 1. The van der Waals surface area contributed by atoms with Gasteiger partial charge in [-0.3, -0.25) is 9.59 Å². The Morgan fingerprint density at radius 2 is 1.75 bits per heavy atom. The lowest BCUT2D eigenvalue weighted by atomic mass is 9.55. The summed E-state index contributed by atoms with van der Waals surface area (Å²) in [5.41, 5.74) is 1.23. The molecule has 1 saturated heterocycles. The standard InChI is InChI=1S/C45H54ClN3O8/c1-24(2)13-12-18-43(10)19-17-30-36(55-43)29(15-14-25(3)4)38-32(37(30)54-31(50)23-46)34-33-35(49-22-21-47-41(49)48-34)27(6)39(51)44(20-16-26(5)40(52)53-11)45(33,56-38)28(7)42(8,9)57-44/h13-14,16-17,19,21-22,27-28,35H,12,15,18,20,23H2,1-11H3,(H,47,48)/b26-16-. The number of carbonyl (C=O) groups is 3. The van der Waals surface area contributed by atoms with Crippen molar-refractivity contribution in [2.75, 3.05) is 18.3 Å². The number of benzene rings is 1. The minimum Gasteiger partial charge on any atom is -0.482 e. The highest BCUT2D eigenvalue weighted by Gasteiger charge is 2.79. The molecule has 11 nitrogen and oxygen atoms in total. The van der Waals surface area contributed by atoms with Crippen molar-refractivity contribution in [3.8, 4) is 17.2 Å². The normalized spacial score (nSPS) is 28.7. The second-order valence-corrected chi connectivity index (χ2v) is 17.5. The summed E-state index contributed by atoms with van der Waals surface area (Å²) in [4.78, 5) is 46.3. The number of hydrogen-bond acceptors (Lipinski definition) is 10. The van der Waals surface area contributed by atoms with Crippen LogP contribution in [0.4, 0.5) is 5.95 Å². The zero-order valence-electron chi connectivity index (χ0n) is 34.8. The summed E-state index contributed by atoms with van der Waals surface area (Å²) in [6.07, 6.45) is 15.5. The van der Waals surface area contributed by atoms with Gasteiger partial charge in [0.25, 0.3) is 0 Å². The Morgan fingerprint density at radius 3 is 2.42 bits per heavy atom. The van der Waals surface area contributed by atoms with Crippen molar-refractivity contribution in [1.29, 1.82) is 0 Å². The topological polar surface area (TPSA) is 127 Å². The van der Waals surface area contributed by atoms with Crippen molar-refractivity contribution in [1.82, 2.24) is 9.55 Å². The Balaban J connectivity index is 1.61. The first-order valence-electron chi connectivity index (χ1n) is 19.7. The molecule has 12 heteroatoms. The van der Waals surface area contributed by atoms with E-state index in [2.05, 4.69) is 38.2 Å².